The minimum Gasteiger partial charge on any atom is -0.474 e. The van der Waals surface area contributed by atoms with Gasteiger partial charge < -0.3 is 15.5 Å². The standard InChI is InChI=1S/C14H15N5O/c1-8(2)20-11-7-16-13(15)12(19-11)14-17-9-5-3-4-6-10(9)18-14/h3-8H,1-2H3,(H2,15,16)(H,17,18). The molecule has 2 heterocycles. The number of hydrogen-bond acceptors (Lipinski definition) is 5. The van der Waals surface area contributed by atoms with Crippen molar-refractivity contribution in [2.45, 2.75) is 20.0 Å². The third-order valence-corrected chi connectivity index (χ3v) is 2.75. The first kappa shape index (κ1) is 12.4. The maximum absolute atomic E-state index is 5.88. The molecule has 6 heteroatoms. The second-order valence-corrected chi connectivity index (χ2v) is 4.71. The number of ether oxygens (including phenoxy) is 1. The SMILES string of the molecule is CC(C)Oc1cnc(N)c(-c2nc3ccccc3[nH]2)n1. The molecule has 0 saturated heterocycles. The Morgan fingerprint density at radius 3 is 2.75 bits per heavy atom. The topological polar surface area (TPSA) is 89.7 Å². The fourth-order valence-electron chi connectivity index (χ4n) is 1.92. The molecule has 0 aliphatic carbocycles. The number of benzene rings is 1. The zero-order valence-corrected chi connectivity index (χ0v) is 11.3. The molecule has 0 saturated carbocycles. The van der Waals surface area contributed by atoms with E-state index in [0.29, 0.717) is 23.2 Å². The van der Waals surface area contributed by atoms with Crippen molar-refractivity contribution >= 4 is 16.9 Å². The molecule has 0 radical (unpaired) electrons. The molecule has 0 aliphatic rings. The van der Waals surface area contributed by atoms with Crippen LogP contribution < -0.4 is 10.5 Å². The number of aromatic nitrogens is 4. The lowest BCUT2D eigenvalue weighted by molar-refractivity contribution is 0.232. The molecule has 0 aliphatic heterocycles. The van der Waals surface area contributed by atoms with Crippen molar-refractivity contribution in [1.29, 1.82) is 0 Å². The molecule has 0 bridgehead atoms. The van der Waals surface area contributed by atoms with Crippen LogP contribution in [-0.4, -0.2) is 26.0 Å². The predicted octanol–water partition coefficient (Wildman–Crippen LogP) is 2.39. The summed E-state index contributed by atoms with van der Waals surface area (Å²) in [5.41, 5.74) is 8.17. The highest BCUT2D eigenvalue weighted by Gasteiger charge is 2.13. The van der Waals surface area contributed by atoms with Gasteiger partial charge in [-0.15, -0.1) is 0 Å². The maximum atomic E-state index is 5.88. The monoisotopic (exact) mass is 269 g/mol. The van der Waals surface area contributed by atoms with Gasteiger partial charge in [0.1, 0.15) is 0 Å². The summed E-state index contributed by atoms with van der Waals surface area (Å²) in [6.07, 6.45) is 1.54. The van der Waals surface area contributed by atoms with Crippen LogP contribution in [0, 0.1) is 0 Å². The summed E-state index contributed by atoms with van der Waals surface area (Å²) >= 11 is 0. The lowest BCUT2D eigenvalue weighted by Crippen LogP contribution is -2.09. The van der Waals surface area contributed by atoms with Gasteiger partial charge in [-0.05, 0) is 26.0 Å². The van der Waals surface area contributed by atoms with Gasteiger partial charge in [0.2, 0.25) is 5.88 Å². The van der Waals surface area contributed by atoms with E-state index >= 15 is 0 Å². The molecular formula is C14H15N5O. The summed E-state index contributed by atoms with van der Waals surface area (Å²) < 4.78 is 5.53. The largest absolute Gasteiger partial charge is 0.474 e. The number of nitrogens with one attached hydrogen (secondary N) is 1. The second-order valence-electron chi connectivity index (χ2n) is 4.71. The molecule has 0 amide bonds. The van der Waals surface area contributed by atoms with Crippen LogP contribution >= 0.6 is 0 Å². The Bertz CT molecular complexity index is 717. The Balaban J connectivity index is 2.07. The predicted molar refractivity (Wildman–Crippen MR) is 77.3 cm³/mol. The van der Waals surface area contributed by atoms with E-state index in [9.17, 15) is 0 Å². The van der Waals surface area contributed by atoms with E-state index in [2.05, 4.69) is 19.9 Å². The zero-order valence-electron chi connectivity index (χ0n) is 11.3. The quantitative estimate of drug-likeness (QED) is 0.762. The van der Waals surface area contributed by atoms with Crippen LogP contribution in [0.5, 0.6) is 5.88 Å². The number of para-hydroxylation sites is 2. The average Bonchev–Trinajstić information content (AvgIpc) is 2.84. The molecule has 2 aromatic heterocycles. The summed E-state index contributed by atoms with van der Waals surface area (Å²) in [5, 5.41) is 0. The molecule has 1 aromatic carbocycles. The van der Waals surface area contributed by atoms with Gasteiger partial charge in [-0.3, -0.25) is 0 Å². The van der Waals surface area contributed by atoms with Crippen LogP contribution in [-0.2, 0) is 0 Å². The maximum Gasteiger partial charge on any atom is 0.233 e. The van der Waals surface area contributed by atoms with E-state index in [1.807, 2.05) is 38.1 Å². The van der Waals surface area contributed by atoms with E-state index in [4.69, 9.17) is 10.5 Å². The summed E-state index contributed by atoms with van der Waals surface area (Å²) in [6.45, 7) is 3.86. The molecule has 0 fully saturated rings. The number of nitrogens with two attached hydrogens (primary N) is 1. The van der Waals surface area contributed by atoms with E-state index < -0.39 is 0 Å². The molecule has 0 atom stereocenters. The summed E-state index contributed by atoms with van der Waals surface area (Å²) in [7, 11) is 0. The van der Waals surface area contributed by atoms with Gasteiger partial charge in [-0.2, -0.15) is 0 Å². The van der Waals surface area contributed by atoms with Gasteiger partial charge in [0.15, 0.2) is 17.3 Å². The normalized spacial score (nSPS) is 11.2. The fourth-order valence-corrected chi connectivity index (χ4v) is 1.92. The lowest BCUT2D eigenvalue weighted by Gasteiger charge is -2.09. The van der Waals surface area contributed by atoms with Crippen molar-refractivity contribution in [2.24, 2.45) is 0 Å². The van der Waals surface area contributed by atoms with Crippen LogP contribution in [0.25, 0.3) is 22.6 Å². The van der Waals surface area contributed by atoms with Gasteiger partial charge in [0.05, 0.1) is 23.3 Å². The van der Waals surface area contributed by atoms with Gasteiger partial charge in [0, 0.05) is 0 Å². The van der Waals surface area contributed by atoms with Gasteiger partial charge in [-0.1, -0.05) is 12.1 Å². The fraction of sp³-hybridized carbons (Fsp3) is 0.214. The number of nitrogens with zero attached hydrogens (tertiary/aromatic N) is 3. The van der Waals surface area contributed by atoms with Crippen LogP contribution in [0.4, 0.5) is 5.82 Å². The third kappa shape index (κ3) is 2.27. The van der Waals surface area contributed by atoms with Crippen LogP contribution in [0.3, 0.4) is 0 Å². The van der Waals surface area contributed by atoms with Crippen molar-refractivity contribution in [3.63, 3.8) is 0 Å². The van der Waals surface area contributed by atoms with Crippen molar-refractivity contribution in [3.05, 3.63) is 30.5 Å². The molecule has 20 heavy (non-hydrogen) atoms. The number of rotatable bonds is 3. The number of aromatic amines is 1. The highest BCUT2D eigenvalue weighted by atomic mass is 16.5. The van der Waals surface area contributed by atoms with E-state index in [0.717, 1.165) is 11.0 Å². The molecule has 0 spiro atoms. The number of hydrogen-bond donors (Lipinski definition) is 2. The Morgan fingerprint density at radius 1 is 1.20 bits per heavy atom. The lowest BCUT2D eigenvalue weighted by atomic mass is 10.3. The van der Waals surface area contributed by atoms with E-state index in [1.165, 1.54) is 6.20 Å². The van der Waals surface area contributed by atoms with E-state index in [1.54, 1.807) is 0 Å². The minimum absolute atomic E-state index is 0.0245. The van der Waals surface area contributed by atoms with E-state index in [-0.39, 0.29) is 6.10 Å². The average molecular weight is 269 g/mol. The summed E-state index contributed by atoms with van der Waals surface area (Å²) in [6, 6.07) is 7.75. The second kappa shape index (κ2) is 4.80. The van der Waals surface area contributed by atoms with Gasteiger partial charge in [0.25, 0.3) is 0 Å². The molecule has 6 nitrogen and oxygen atoms in total. The first-order valence-corrected chi connectivity index (χ1v) is 6.38. The van der Waals surface area contributed by atoms with Crippen LogP contribution in [0.15, 0.2) is 30.5 Å². The molecule has 3 rings (SSSR count). The van der Waals surface area contributed by atoms with Crippen molar-refractivity contribution < 1.29 is 4.74 Å². The minimum atomic E-state index is 0.0245. The zero-order chi connectivity index (χ0) is 14.1. The Labute approximate surface area is 116 Å². The first-order valence-electron chi connectivity index (χ1n) is 6.38. The number of H-pyrrole nitrogens is 1. The highest BCUT2D eigenvalue weighted by Crippen LogP contribution is 2.24. The molecule has 3 N–H and O–H groups in total. The third-order valence-electron chi connectivity index (χ3n) is 2.75. The number of nitrogen functional groups attached to an aromatic ring is 1. The van der Waals surface area contributed by atoms with Crippen LogP contribution in [0.1, 0.15) is 13.8 Å². The number of anilines is 1. The molecular weight excluding hydrogens is 254 g/mol. The Hall–Kier alpha value is -2.63. The number of imidazole rings is 1. The Kier molecular flexibility index (Phi) is 2.98. The smallest absolute Gasteiger partial charge is 0.233 e. The van der Waals surface area contributed by atoms with Crippen LogP contribution in [0.2, 0.25) is 0 Å². The summed E-state index contributed by atoms with van der Waals surface area (Å²) in [4.78, 5) is 16.1. The first-order chi connectivity index (χ1) is 9.63. The highest BCUT2D eigenvalue weighted by molar-refractivity contribution is 5.80. The summed E-state index contributed by atoms with van der Waals surface area (Å²) in [5.74, 6) is 1.34. The molecule has 3 aromatic rings. The van der Waals surface area contributed by atoms with Crippen molar-refractivity contribution in [1.82, 2.24) is 19.9 Å². The Morgan fingerprint density at radius 2 is 2.00 bits per heavy atom. The van der Waals surface area contributed by atoms with Gasteiger partial charge >= 0.3 is 0 Å². The van der Waals surface area contributed by atoms with Crippen molar-refractivity contribution in [2.75, 3.05) is 5.73 Å². The number of fused-ring (bicyclic) bond motifs is 1. The van der Waals surface area contributed by atoms with Crippen molar-refractivity contribution in [3.8, 4) is 17.4 Å². The molecule has 0 unspecified atom stereocenters. The molecule has 102 valence electrons. The van der Waals surface area contributed by atoms with Gasteiger partial charge in [-0.25, -0.2) is 15.0 Å².